The zero-order valence-electron chi connectivity index (χ0n) is 21.9. The van der Waals surface area contributed by atoms with Gasteiger partial charge in [0.1, 0.15) is 11.4 Å². The molecule has 1 fully saturated rings. The Labute approximate surface area is 227 Å². The summed E-state index contributed by atoms with van der Waals surface area (Å²) in [6, 6.07) is 33.7. The van der Waals surface area contributed by atoms with Gasteiger partial charge in [-0.25, -0.2) is 0 Å². The minimum absolute atomic E-state index is 0.459. The maximum Gasteiger partial charge on any atom is 0.542 e. The first-order chi connectivity index (χ1) is 19.3. The zero-order valence-corrected chi connectivity index (χ0v) is 21.9. The second-order valence-corrected chi connectivity index (χ2v) is 11.3. The molecule has 9 rings (SSSR count). The lowest BCUT2D eigenvalue weighted by Crippen LogP contribution is -2.54. The van der Waals surface area contributed by atoms with E-state index in [0.717, 1.165) is 13.1 Å². The van der Waals surface area contributed by atoms with Crippen LogP contribution in [0.3, 0.4) is 0 Å². The van der Waals surface area contributed by atoms with E-state index in [4.69, 9.17) is 0 Å². The van der Waals surface area contributed by atoms with Crippen LogP contribution in [0.2, 0.25) is 0 Å². The van der Waals surface area contributed by atoms with Crippen LogP contribution in [0.1, 0.15) is 37.1 Å². The van der Waals surface area contributed by atoms with Crippen molar-refractivity contribution in [3.05, 3.63) is 109 Å². The third-order valence-corrected chi connectivity index (χ3v) is 9.23. The standard InChI is InChI=1S/C35H30N4/c1-2-10-20-37-24-34-29-14-6-4-12-26(29)22-38(34)35(37)36(19-9-1)23-27-17-18-33(39(27)35)32-21-25-11-3-5-13-28(25)30-15-7-8-16-31(30)32/h3-8,11-18,21-24H,1-2,9-10,19-20H2/q+2. The molecule has 1 atom stereocenters. The van der Waals surface area contributed by atoms with E-state index in [1.165, 1.54) is 80.6 Å². The number of hydrogen-bond acceptors (Lipinski definition) is 0. The van der Waals surface area contributed by atoms with Crippen LogP contribution in [0.15, 0.2) is 97.2 Å². The van der Waals surface area contributed by atoms with Crippen LogP contribution in [0.4, 0.5) is 0 Å². The maximum absolute atomic E-state index is 2.63. The van der Waals surface area contributed by atoms with Crippen molar-refractivity contribution in [3.63, 3.8) is 0 Å². The average Bonchev–Trinajstić information content (AvgIpc) is 3.71. The number of fused-ring (bicyclic) bond motifs is 7. The molecular formula is C35H30N4+2. The summed E-state index contributed by atoms with van der Waals surface area (Å²) in [5.74, 6) is -0.459. The number of nitrogens with zero attached hydrogens (tertiary/aromatic N) is 4. The summed E-state index contributed by atoms with van der Waals surface area (Å²) < 4.78 is 10.4. The van der Waals surface area contributed by atoms with Gasteiger partial charge in [-0.3, -0.25) is 0 Å². The van der Waals surface area contributed by atoms with Gasteiger partial charge in [-0.15, -0.1) is 9.15 Å². The van der Waals surface area contributed by atoms with E-state index >= 15 is 0 Å². The summed E-state index contributed by atoms with van der Waals surface area (Å²) in [4.78, 5) is 0. The van der Waals surface area contributed by atoms with Gasteiger partial charge in [0.15, 0.2) is 25.5 Å². The van der Waals surface area contributed by atoms with Gasteiger partial charge in [-0.05, 0) is 52.6 Å². The largest absolute Gasteiger partial charge is 0.542 e. The summed E-state index contributed by atoms with van der Waals surface area (Å²) in [6.45, 7) is 2.08. The molecule has 0 bridgehead atoms. The van der Waals surface area contributed by atoms with Crippen molar-refractivity contribution in [1.82, 2.24) is 9.13 Å². The Balaban J connectivity index is 1.39. The van der Waals surface area contributed by atoms with Crippen LogP contribution in [0.5, 0.6) is 0 Å². The second-order valence-electron chi connectivity index (χ2n) is 11.3. The lowest BCUT2D eigenvalue weighted by Gasteiger charge is -2.25. The smallest absolute Gasteiger partial charge is 0.200 e. The number of aromatic nitrogens is 2. The number of rotatable bonds is 1. The maximum atomic E-state index is 2.63. The van der Waals surface area contributed by atoms with Crippen LogP contribution < -0.4 is 0 Å². The first-order valence-corrected chi connectivity index (χ1v) is 14.3. The summed E-state index contributed by atoms with van der Waals surface area (Å²) in [6.07, 6.45) is 12.2. The van der Waals surface area contributed by atoms with E-state index in [2.05, 4.69) is 128 Å². The molecule has 4 aromatic carbocycles. The highest BCUT2D eigenvalue weighted by atomic mass is 15.6. The molecule has 0 N–H and O–H groups in total. The zero-order chi connectivity index (χ0) is 25.6. The molecule has 0 amide bonds. The Bertz CT molecular complexity index is 2030. The quantitative estimate of drug-likeness (QED) is 0.169. The van der Waals surface area contributed by atoms with Gasteiger partial charge < -0.3 is 0 Å². The summed E-state index contributed by atoms with van der Waals surface area (Å²) >= 11 is 0. The van der Waals surface area contributed by atoms with Crippen molar-refractivity contribution in [2.45, 2.75) is 31.6 Å². The molecule has 188 valence electrons. The highest BCUT2D eigenvalue weighted by Gasteiger charge is 2.65. The number of hydrogen-bond donors (Lipinski definition) is 0. The highest BCUT2D eigenvalue weighted by Crippen LogP contribution is 2.44. The molecule has 6 aromatic rings. The van der Waals surface area contributed by atoms with E-state index in [1.807, 2.05) is 0 Å². The molecule has 5 heterocycles. The van der Waals surface area contributed by atoms with E-state index in [-0.39, 0.29) is 0 Å². The summed E-state index contributed by atoms with van der Waals surface area (Å²) in [7, 11) is 0. The molecule has 4 nitrogen and oxygen atoms in total. The molecule has 2 aromatic heterocycles. The lowest BCUT2D eigenvalue weighted by molar-refractivity contribution is -0.858. The fourth-order valence-electron chi connectivity index (χ4n) is 7.56. The monoisotopic (exact) mass is 506 g/mol. The van der Waals surface area contributed by atoms with Gasteiger partial charge in [0.25, 0.3) is 0 Å². The van der Waals surface area contributed by atoms with Crippen LogP contribution in [-0.4, -0.2) is 43.8 Å². The SMILES string of the molecule is C1=[N+]2CCCCCC[N+]3=Cc4ccc(-c5cc6ccccc6c6ccccc56)n4C23n2cc3ccccc3c21. The summed E-state index contributed by atoms with van der Waals surface area (Å²) in [5, 5.41) is 7.85. The third-order valence-electron chi connectivity index (χ3n) is 9.23. The number of benzene rings is 4. The predicted octanol–water partition coefficient (Wildman–Crippen LogP) is 7.00. The van der Waals surface area contributed by atoms with Gasteiger partial charge in [-0.2, -0.15) is 9.13 Å². The van der Waals surface area contributed by atoms with E-state index in [0.29, 0.717) is 0 Å². The Morgan fingerprint density at radius 2 is 1.26 bits per heavy atom. The molecule has 3 aliphatic rings. The van der Waals surface area contributed by atoms with Crippen molar-refractivity contribution in [2.24, 2.45) is 0 Å². The van der Waals surface area contributed by atoms with Crippen LogP contribution in [0, 0.1) is 0 Å². The molecular weight excluding hydrogens is 476 g/mol. The molecule has 0 aliphatic carbocycles. The third kappa shape index (κ3) is 2.73. The Kier molecular flexibility index (Phi) is 4.29. The van der Waals surface area contributed by atoms with Crippen molar-refractivity contribution < 1.29 is 9.15 Å². The van der Waals surface area contributed by atoms with Gasteiger partial charge >= 0.3 is 5.91 Å². The molecule has 3 aliphatic heterocycles. The van der Waals surface area contributed by atoms with Crippen LogP contribution in [0.25, 0.3) is 43.6 Å². The molecule has 1 unspecified atom stereocenters. The molecule has 0 saturated carbocycles. The predicted molar refractivity (Wildman–Crippen MR) is 159 cm³/mol. The first kappa shape index (κ1) is 21.5. The fraction of sp³-hybridized carbons (Fsp3) is 0.200. The van der Waals surface area contributed by atoms with Crippen molar-refractivity contribution >= 4 is 44.7 Å². The van der Waals surface area contributed by atoms with E-state index in [9.17, 15) is 0 Å². The van der Waals surface area contributed by atoms with E-state index in [1.54, 1.807) is 0 Å². The molecule has 1 saturated heterocycles. The Morgan fingerprint density at radius 3 is 2.08 bits per heavy atom. The normalized spacial score (nSPS) is 20.1. The Hall–Kier alpha value is -4.44. The van der Waals surface area contributed by atoms with Crippen molar-refractivity contribution in [1.29, 1.82) is 0 Å². The van der Waals surface area contributed by atoms with E-state index < -0.39 is 5.91 Å². The summed E-state index contributed by atoms with van der Waals surface area (Å²) in [5.41, 5.74) is 5.14. The molecule has 1 spiro atoms. The molecule has 39 heavy (non-hydrogen) atoms. The first-order valence-electron chi connectivity index (χ1n) is 14.3. The van der Waals surface area contributed by atoms with Crippen molar-refractivity contribution in [3.8, 4) is 11.3 Å². The highest BCUT2D eigenvalue weighted by molar-refractivity contribution is 6.13. The van der Waals surface area contributed by atoms with Gasteiger partial charge in [0.2, 0.25) is 0 Å². The molecule has 4 heteroatoms. The lowest BCUT2D eigenvalue weighted by atomic mass is 9.95. The van der Waals surface area contributed by atoms with Crippen molar-refractivity contribution in [2.75, 3.05) is 13.1 Å². The second kappa shape index (κ2) is 7.79. The minimum Gasteiger partial charge on any atom is -0.200 e. The van der Waals surface area contributed by atoms with Crippen LogP contribution >= 0.6 is 0 Å². The minimum atomic E-state index is -0.459. The van der Waals surface area contributed by atoms with Gasteiger partial charge in [0, 0.05) is 35.4 Å². The van der Waals surface area contributed by atoms with Gasteiger partial charge in [-0.1, -0.05) is 72.8 Å². The Morgan fingerprint density at radius 1 is 0.590 bits per heavy atom. The van der Waals surface area contributed by atoms with Crippen LogP contribution in [-0.2, 0) is 5.91 Å². The topological polar surface area (TPSA) is 15.9 Å². The van der Waals surface area contributed by atoms with Gasteiger partial charge in [0.05, 0.1) is 5.69 Å². The fourth-order valence-corrected chi connectivity index (χ4v) is 7.56. The molecule has 0 radical (unpaired) electrons. The average molecular weight is 507 g/mol.